The van der Waals surface area contributed by atoms with E-state index in [1.54, 1.807) is 36.2 Å². The number of carbonyl (C=O) groups is 1. The lowest BCUT2D eigenvalue weighted by atomic mass is 9.96. The summed E-state index contributed by atoms with van der Waals surface area (Å²) in [5.41, 5.74) is 3.80. The van der Waals surface area contributed by atoms with Gasteiger partial charge >= 0.3 is 0 Å². The van der Waals surface area contributed by atoms with Crippen LogP contribution in [0.25, 0.3) is 22.5 Å². The highest BCUT2D eigenvalue weighted by Crippen LogP contribution is 2.43. The minimum Gasteiger partial charge on any atom is -0.383 e. The van der Waals surface area contributed by atoms with Crippen molar-refractivity contribution in [2.45, 2.75) is 31.8 Å². The van der Waals surface area contributed by atoms with Crippen molar-refractivity contribution in [3.05, 3.63) is 82.3 Å². The number of carbonyl (C=O) groups excluding carboxylic acids is 1. The highest BCUT2D eigenvalue weighted by atomic mass is 19.2. The molecule has 1 aliphatic heterocycles. The number of nitriles is 1. The van der Waals surface area contributed by atoms with E-state index in [2.05, 4.69) is 21.6 Å². The number of nitrogens with one attached hydrogen (secondary N) is 1. The van der Waals surface area contributed by atoms with Gasteiger partial charge < -0.3 is 14.6 Å². The Morgan fingerprint density at radius 2 is 1.98 bits per heavy atom. The van der Waals surface area contributed by atoms with E-state index in [4.69, 9.17) is 9.72 Å². The largest absolute Gasteiger partial charge is 0.383 e. The average Bonchev–Trinajstić information content (AvgIpc) is 3.67. The van der Waals surface area contributed by atoms with Crippen molar-refractivity contribution in [2.75, 3.05) is 25.2 Å². The fourth-order valence-electron chi connectivity index (χ4n) is 5.14. The lowest BCUT2D eigenvalue weighted by Crippen LogP contribution is -2.24. The summed E-state index contributed by atoms with van der Waals surface area (Å²) in [5, 5.41) is 20.8. The second kappa shape index (κ2) is 10.8. The fraction of sp³-hybridized carbons (Fsp3) is 0.300. The van der Waals surface area contributed by atoms with E-state index in [0.29, 0.717) is 35.9 Å². The van der Waals surface area contributed by atoms with Gasteiger partial charge in [0.2, 0.25) is 0 Å². The minimum absolute atomic E-state index is 0. The summed E-state index contributed by atoms with van der Waals surface area (Å²) >= 11 is 0. The molecule has 6 rings (SSSR count). The second-order valence-electron chi connectivity index (χ2n) is 10.3. The van der Waals surface area contributed by atoms with E-state index in [1.165, 1.54) is 11.0 Å². The van der Waals surface area contributed by atoms with Crippen LogP contribution in [0.3, 0.4) is 0 Å². The lowest BCUT2D eigenvalue weighted by molar-refractivity contribution is 0.0995. The van der Waals surface area contributed by atoms with Crippen molar-refractivity contribution >= 4 is 11.7 Å². The number of pyridine rings is 1. The van der Waals surface area contributed by atoms with Crippen LogP contribution in [0.5, 0.6) is 0 Å². The number of amides is 1. The molecular formula is C30H29F2N7O2. The maximum absolute atomic E-state index is 15.2. The molecule has 2 aliphatic rings. The van der Waals surface area contributed by atoms with Crippen LogP contribution in [0.2, 0.25) is 0 Å². The SMILES string of the molecule is COCCNCc1cc2c(c(F)c1F)CN(c1cc(-c3ccc(C#N)cc3-c3nncn3C)cc(C3CC3)n1)C2=O.[HH]. The molecule has 41 heavy (non-hydrogen) atoms. The molecule has 0 saturated heterocycles. The van der Waals surface area contributed by atoms with Gasteiger partial charge in [0.1, 0.15) is 12.1 Å². The number of fused-ring (bicyclic) bond motifs is 1. The molecule has 1 fully saturated rings. The number of ether oxygens (including phenoxy) is 1. The Labute approximate surface area is 236 Å². The normalized spacial score (nSPS) is 14.4. The maximum Gasteiger partial charge on any atom is 0.260 e. The molecule has 1 aliphatic carbocycles. The summed E-state index contributed by atoms with van der Waals surface area (Å²) in [7, 11) is 3.38. The molecule has 1 saturated carbocycles. The van der Waals surface area contributed by atoms with Crippen LogP contribution in [0.1, 0.15) is 52.9 Å². The van der Waals surface area contributed by atoms with Crippen LogP contribution in [-0.2, 0) is 24.9 Å². The third-order valence-corrected chi connectivity index (χ3v) is 7.49. The third kappa shape index (κ3) is 4.96. The van der Waals surface area contributed by atoms with Gasteiger partial charge in [-0.15, -0.1) is 10.2 Å². The van der Waals surface area contributed by atoms with Gasteiger partial charge in [-0.2, -0.15) is 5.26 Å². The van der Waals surface area contributed by atoms with E-state index >= 15 is 4.39 Å². The zero-order valence-electron chi connectivity index (χ0n) is 22.6. The third-order valence-electron chi connectivity index (χ3n) is 7.49. The Hall–Kier alpha value is -4.53. The molecule has 4 aromatic rings. The fourth-order valence-corrected chi connectivity index (χ4v) is 5.14. The van der Waals surface area contributed by atoms with E-state index in [1.807, 2.05) is 19.2 Å². The standard InChI is InChI=1S/C30H27F2N7O2.H2/c1-38-16-35-37-29(38)22-9-17(13-33)3-6-21(22)19-11-25(18-4-5-18)36-26(12-19)39-15-24-23(30(39)40)10-20(27(31)28(24)32)14-34-7-8-41-2;/h3,6,9-12,16,18,34H,4-5,7-8,14-15H2,1-2H3;1H. The molecule has 1 amide bonds. The van der Waals surface area contributed by atoms with Crippen molar-refractivity contribution in [2.24, 2.45) is 7.05 Å². The molecule has 2 aromatic carbocycles. The number of rotatable bonds is 9. The van der Waals surface area contributed by atoms with E-state index in [-0.39, 0.29) is 37.1 Å². The predicted octanol–water partition coefficient (Wildman–Crippen LogP) is 4.71. The Morgan fingerprint density at radius 3 is 2.68 bits per heavy atom. The van der Waals surface area contributed by atoms with Crippen LogP contribution in [0, 0.1) is 23.0 Å². The number of hydrogen-bond acceptors (Lipinski definition) is 7. The Balaban J connectivity index is 0.00000353. The number of hydrogen-bond donors (Lipinski definition) is 1. The molecule has 2 aromatic heterocycles. The first-order chi connectivity index (χ1) is 19.9. The number of aromatic nitrogens is 4. The molecule has 9 nitrogen and oxygen atoms in total. The van der Waals surface area contributed by atoms with E-state index in [9.17, 15) is 14.4 Å². The topological polar surface area (TPSA) is 109 Å². The maximum atomic E-state index is 15.2. The van der Waals surface area contributed by atoms with Crippen molar-refractivity contribution < 1.29 is 19.7 Å². The number of aryl methyl sites for hydroxylation is 1. The van der Waals surface area contributed by atoms with Crippen LogP contribution < -0.4 is 10.2 Å². The predicted molar refractivity (Wildman–Crippen MR) is 149 cm³/mol. The Bertz CT molecular complexity index is 1710. The van der Waals surface area contributed by atoms with Gasteiger partial charge in [0, 0.05) is 62.5 Å². The first-order valence-electron chi connectivity index (χ1n) is 13.3. The highest BCUT2D eigenvalue weighted by Gasteiger charge is 2.36. The lowest BCUT2D eigenvalue weighted by Gasteiger charge is -2.18. The van der Waals surface area contributed by atoms with Crippen molar-refractivity contribution in [3.63, 3.8) is 0 Å². The van der Waals surface area contributed by atoms with Gasteiger partial charge in [-0.1, -0.05) is 6.07 Å². The average molecular weight is 558 g/mol. The van der Waals surface area contributed by atoms with Gasteiger partial charge in [-0.25, -0.2) is 13.8 Å². The number of halogens is 2. The van der Waals surface area contributed by atoms with Gasteiger partial charge in [0.05, 0.1) is 24.8 Å². The zero-order chi connectivity index (χ0) is 28.7. The van der Waals surface area contributed by atoms with Gasteiger partial charge in [0.25, 0.3) is 5.91 Å². The van der Waals surface area contributed by atoms with Gasteiger partial charge in [-0.05, 0) is 54.3 Å². The molecular weight excluding hydrogens is 528 g/mol. The van der Waals surface area contributed by atoms with E-state index < -0.39 is 17.5 Å². The molecule has 1 N–H and O–H groups in total. The summed E-state index contributed by atoms with van der Waals surface area (Å²) < 4.78 is 36.9. The summed E-state index contributed by atoms with van der Waals surface area (Å²) in [6, 6.07) is 12.7. The van der Waals surface area contributed by atoms with Crippen LogP contribution in [0.15, 0.2) is 42.7 Å². The van der Waals surface area contributed by atoms with Crippen molar-refractivity contribution in [3.8, 4) is 28.6 Å². The minimum atomic E-state index is -1.02. The van der Waals surface area contributed by atoms with Crippen molar-refractivity contribution in [1.29, 1.82) is 5.26 Å². The second-order valence-corrected chi connectivity index (χ2v) is 10.3. The summed E-state index contributed by atoms with van der Waals surface area (Å²) in [6.07, 6.45) is 3.54. The van der Waals surface area contributed by atoms with Crippen LogP contribution in [-0.4, -0.2) is 45.9 Å². The number of anilines is 1. The van der Waals surface area contributed by atoms with Crippen molar-refractivity contribution in [1.82, 2.24) is 25.1 Å². The highest BCUT2D eigenvalue weighted by molar-refractivity contribution is 6.10. The smallest absolute Gasteiger partial charge is 0.260 e. The summed E-state index contributed by atoms with van der Waals surface area (Å²) in [5.74, 6) is -1.22. The molecule has 0 radical (unpaired) electrons. The summed E-state index contributed by atoms with van der Waals surface area (Å²) in [6.45, 7) is 0.819. The van der Waals surface area contributed by atoms with Gasteiger partial charge in [0.15, 0.2) is 17.5 Å². The molecule has 11 heteroatoms. The number of benzene rings is 2. The molecule has 210 valence electrons. The van der Waals surface area contributed by atoms with E-state index in [0.717, 1.165) is 29.7 Å². The molecule has 0 bridgehead atoms. The molecule has 0 atom stereocenters. The Kier molecular flexibility index (Phi) is 7.03. The first-order valence-corrected chi connectivity index (χ1v) is 13.3. The van der Waals surface area contributed by atoms with Gasteiger partial charge in [-0.3, -0.25) is 9.69 Å². The number of nitrogens with zero attached hydrogens (tertiary/aromatic N) is 6. The Morgan fingerprint density at radius 1 is 1.15 bits per heavy atom. The molecule has 0 spiro atoms. The number of methoxy groups -OCH3 is 1. The molecule has 3 heterocycles. The molecule has 0 unspecified atom stereocenters. The zero-order valence-corrected chi connectivity index (χ0v) is 22.6. The first kappa shape index (κ1) is 26.7. The van der Waals surface area contributed by atoms with Crippen LogP contribution in [0.4, 0.5) is 14.6 Å². The monoisotopic (exact) mass is 557 g/mol. The van der Waals surface area contributed by atoms with Crippen LogP contribution >= 0.6 is 0 Å². The quantitative estimate of drug-likeness (QED) is 0.297. The summed E-state index contributed by atoms with van der Waals surface area (Å²) in [4.78, 5) is 19.8.